The molecule has 1 N–H and O–H groups in total. The van der Waals surface area contributed by atoms with Gasteiger partial charge in [0.05, 0.1) is 12.8 Å². The van der Waals surface area contributed by atoms with Crippen molar-refractivity contribution in [3.63, 3.8) is 0 Å². The van der Waals surface area contributed by atoms with E-state index in [9.17, 15) is 0 Å². The van der Waals surface area contributed by atoms with Crippen LogP contribution >= 0.6 is 11.6 Å². The highest BCUT2D eigenvalue weighted by Crippen LogP contribution is 2.20. The highest BCUT2D eigenvalue weighted by atomic mass is 35.5. The summed E-state index contributed by atoms with van der Waals surface area (Å²) in [6.45, 7) is 2.61. The zero-order chi connectivity index (χ0) is 14.7. The van der Waals surface area contributed by atoms with Gasteiger partial charge in [0.1, 0.15) is 5.76 Å². The summed E-state index contributed by atoms with van der Waals surface area (Å²) in [6.07, 6.45) is 4.49. The minimum atomic E-state index is 0.732. The third-order valence-electron chi connectivity index (χ3n) is 3.67. The van der Waals surface area contributed by atoms with Crippen molar-refractivity contribution in [2.75, 3.05) is 7.05 Å². The normalized spacial score (nSPS) is 14.8. The molecule has 1 saturated carbocycles. The Morgan fingerprint density at radius 2 is 1.95 bits per heavy atom. The molecule has 112 valence electrons. The second-order valence-corrected chi connectivity index (χ2v) is 6.31. The molecule has 0 atom stereocenters. The SMILES string of the molecule is CN(Cc1ccc(Cl)cc1)Cc1cc(CNC2CC2)co1. The molecule has 1 aromatic heterocycles. The largest absolute Gasteiger partial charge is 0.468 e. The average molecular weight is 305 g/mol. The van der Waals surface area contributed by atoms with E-state index in [1.807, 2.05) is 18.4 Å². The van der Waals surface area contributed by atoms with E-state index in [1.54, 1.807) is 0 Å². The second-order valence-electron chi connectivity index (χ2n) is 5.88. The molecule has 1 aliphatic rings. The fraction of sp³-hybridized carbons (Fsp3) is 0.412. The summed E-state index contributed by atoms with van der Waals surface area (Å²) < 4.78 is 5.64. The lowest BCUT2D eigenvalue weighted by molar-refractivity contribution is 0.288. The van der Waals surface area contributed by atoms with Crippen LogP contribution in [0.3, 0.4) is 0 Å². The Bertz CT molecular complexity index is 575. The third kappa shape index (κ3) is 4.60. The van der Waals surface area contributed by atoms with Crippen molar-refractivity contribution in [2.45, 2.75) is 38.5 Å². The molecule has 0 radical (unpaired) electrons. The minimum absolute atomic E-state index is 0.732. The maximum atomic E-state index is 5.90. The first-order chi connectivity index (χ1) is 10.2. The fourth-order valence-electron chi connectivity index (χ4n) is 2.37. The maximum absolute atomic E-state index is 5.90. The molecular formula is C17H21ClN2O. The smallest absolute Gasteiger partial charge is 0.118 e. The molecule has 1 aromatic carbocycles. The van der Waals surface area contributed by atoms with Gasteiger partial charge in [-0.1, -0.05) is 23.7 Å². The first-order valence-electron chi connectivity index (χ1n) is 7.42. The Balaban J connectivity index is 1.49. The summed E-state index contributed by atoms with van der Waals surface area (Å²) in [5.41, 5.74) is 2.49. The lowest BCUT2D eigenvalue weighted by Crippen LogP contribution is -2.17. The van der Waals surface area contributed by atoms with E-state index in [-0.39, 0.29) is 0 Å². The molecular weight excluding hydrogens is 284 g/mol. The predicted octanol–water partition coefficient (Wildman–Crippen LogP) is 3.82. The number of hydrogen-bond donors (Lipinski definition) is 1. The zero-order valence-corrected chi connectivity index (χ0v) is 13.1. The number of nitrogens with zero attached hydrogens (tertiary/aromatic N) is 1. The van der Waals surface area contributed by atoms with E-state index in [2.05, 4.69) is 35.5 Å². The van der Waals surface area contributed by atoms with E-state index in [0.717, 1.165) is 36.5 Å². The molecule has 2 aromatic rings. The molecule has 1 aliphatic carbocycles. The Morgan fingerprint density at radius 3 is 2.67 bits per heavy atom. The summed E-state index contributed by atoms with van der Waals surface area (Å²) in [6, 6.07) is 10.9. The van der Waals surface area contributed by atoms with Crippen molar-refractivity contribution in [1.29, 1.82) is 0 Å². The first kappa shape index (κ1) is 14.6. The minimum Gasteiger partial charge on any atom is -0.468 e. The first-order valence-corrected chi connectivity index (χ1v) is 7.79. The van der Waals surface area contributed by atoms with Gasteiger partial charge in [0.2, 0.25) is 0 Å². The van der Waals surface area contributed by atoms with E-state index in [1.165, 1.54) is 24.0 Å². The standard InChI is InChI=1S/C17H21ClN2O/c1-20(10-13-2-4-15(18)5-3-13)11-17-8-14(12-21-17)9-19-16-6-7-16/h2-5,8,12,16,19H,6-7,9-11H2,1H3. The van der Waals surface area contributed by atoms with Crippen molar-refractivity contribution in [3.8, 4) is 0 Å². The highest BCUT2D eigenvalue weighted by Gasteiger charge is 2.20. The Kier molecular flexibility index (Phi) is 4.63. The molecule has 3 nitrogen and oxygen atoms in total. The number of halogens is 1. The fourth-order valence-corrected chi connectivity index (χ4v) is 2.50. The van der Waals surface area contributed by atoms with Crippen LogP contribution in [-0.4, -0.2) is 18.0 Å². The Labute approximate surface area is 130 Å². The van der Waals surface area contributed by atoms with Gasteiger partial charge in [0.15, 0.2) is 0 Å². The molecule has 0 saturated heterocycles. The molecule has 0 aliphatic heterocycles. The van der Waals surface area contributed by atoms with Crippen LogP contribution in [0.1, 0.15) is 29.7 Å². The molecule has 21 heavy (non-hydrogen) atoms. The van der Waals surface area contributed by atoms with Crippen molar-refractivity contribution in [3.05, 3.63) is 58.5 Å². The average Bonchev–Trinajstić information content (AvgIpc) is 3.19. The van der Waals surface area contributed by atoms with Gasteiger partial charge >= 0.3 is 0 Å². The Morgan fingerprint density at radius 1 is 1.19 bits per heavy atom. The van der Waals surface area contributed by atoms with Gasteiger partial charge in [0, 0.05) is 29.7 Å². The van der Waals surface area contributed by atoms with Crippen LogP contribution in [0, 0.1) is 0 Å². The lowest BCUT2D eigenvalue weighted by atomic mass is 10.2. The molecule has 3 rings (SSSR count). The van der Waals surface area contributed by atoms with Gasteiger partial charge in [-0.2, -0.15) is 0 Å². The van der Waals surface area contributed by atoms with Crippen LogP contribution in [0.2, 0.25) is 5.02 Å². The number of hydrogen-bond acceptors (Lipinski definition) is 3. The lowest BCUT2D eigenvalue weighted by Gasteiger charge is -2.15. The summed E-state index contributed by atoms with van der Waals surface area (Å²) in [5.74, 6) is 1.01. The van der Waals surface area contributed by atoms with Crippen molar-refractivity contribution >= 4 is 11.6 Å². The molecule has 0 bridgehead atoms. The summed E-state index contributed by atoms with van der Waals surface area (Å²) in [5, 5.41) is 4.28. The van der Waals surface area contributed by atoms with Gasteiger partial charge in [-0.15, -0.1) is 0 Å². The third-order valence-corrected chi connectivity index (χ3v) is 3.92. The van der Waals surface area contributed by atoms with Gasteiger partial charge in [-0.05, 0) is 43.7 Å². The molecule has 0 unspecified atom stereocenters. The van der Waals surface area contributed by atoms with E-state index < -0.39 is 0 Å². The van der Waals surface area contributed by atoms with Crippen LogP contribution < -0.4 is 5.32 Å². The van der Waals surface area contributed by atoms with Crippen molar-refractivity contribution in [2.24, 2.45) is 0 Å². The second kappa shape index (κ2) is 6.65. The van der Waals surface area contributed by atoms with Gasteiger partial charge in [-0.25, -0.2) is 0 Å². The van der Waals surface area contributed by atoms with Crippen LogP contribution in [0.25, 0.3) is 0 Å². The van der Waals surface area contributed by atoms with E-state index in [0.29, 0.717) is 0 Å². The number of benzene rings is 1. The monoisotopic (exact) mass is 304 g/mol. The van der Waals surface area contributed by atoms with E-state index >= 15 is 0 Å². The Hall–Kier alpha value is -1.29. The number of nitrogens with one attached hydrogen (secondary N) is 1. The van der Waals surface area contributed by atoms with Gasteiger partial charge in [-0.3, -0.25) is 4.90 Å². The molecule has 1 fully saturated rings. The molecule has 0 amide bonds. The van der Waals surface area contributed by atoms with Crippen LogP contribution in [-0.2, 0) is 19.6 Å². The topological polar surface area (TPSA) is 28.4 Å². The molecule has 1 heterocycles. The quantitative estimate of drug-likeness (QED) is 0.843. The van der Waals surface area contributed by atoms with Gasteiger partial charge in [0.25, 0.3) is 0 Å². The molecule has 4 heteroatoms. The number of furan rings is 1. The molecule has 0 spiro atoms. The van der Waals surface area contributed by atoms with Crippen LogP contribution in [0.5, 0.6) is 0 Å². The predicted molar refractivity (Wildman–Crippen MR) is 85.2 cm³/mol. The van der Waals surface area contributed by atoms with Crippen LogP contribution in [0.4, 0.5) is 0 Å². The van der Waals surface area contributed by atoms with Crippen molar-refractivity contribution in [1.82, 2.24) is 10.2 Å². The highest BCUT2D eigenvalue weighted by molar-refractivity contribution is 6.30. The van der Waals surface area contributed by atoms with Crippen molar-refractivity contribution < 1.29 is 4.42 Å². The summed E-state index contributed by atoms with van der Waals surface area (Å²) >= 11 is 5.90. The van der Waals surface area contributed by atoms with E-state index in [4.69, 9.17) is 16.0 Å². The summed E-state index contributed by atoms with van der Waals surface area (Å²) in [7, 11) is 2.10. The van der Waals surface area contributed by atoms with Gasteiger partial charge < -0.3 is 9.73 Å². The zero-order valence-electron chi connectivity index (χ0n) is 12.3. The summed E-state index contributed by atoms with van der Waals surface area (Å²) in [4.78, 5) is 2.24. The van der Waals surface area contributed by atoms with Crippen LogP contribution in [0.15, 0.2) is 41.0 Å². The number of rotatable bonds is 7. The maximum Gasteiger partial charge on any atom is 0.118 e.